The van der Waals surface area contributed by atoms with E-state index in [0.29, 0.717) is 16.5 Å². The van der Waals surface area contributed by atoms with Crippen molar-refractivity contribution >= 4 is 0 Å². The van der Waals surface area contributed by atoms with E-state index in [0.717, 1.165) is 70.4 Å². The minimum atomic E-state index is -4.00. The van der Waals surface area contributed by atoms with Crippen LogP contribution in [0.25, 0.3) is 0 Å². The predicted molar refractivity (Wildman–Crippen MR) is 399 cm³/mol. The van der Waals surface area contributed by atoms with E-state index in [1.165, 1.54) is 190 Å². The predicted octanol–water partition coefficient (Wildman–Crippen LogP) is 31.3. The highest BCUT2D eigenvalue weighted by atomic mass is 19.4. The first-order valence-electron chi connectivity index (χ1n) is 36.1. The van der Waals surface area contributed by atoms with Gasteiger partial charge in [-0.25, -0.2) is 26.3 Å². The molecule has 0 unspecified atom stereocenters. The van der Waals surface area contributed by atoms with E-state index in [1.807, 2.05) is 52.0 Å². The largest absolute Gasteiger partial charge is 0.386 e. The van der Waals surface area contributed by atoms with Gasteiger partial charge in [0.05, 0.1) is 0 Å². The van der Waals surface area contributed by atoms with Gasteiger partial charge in [-0.1, -0.05) is 332 Å². The van der Waals surface area contributed by atoms with Crippen LogP contribution in [0.3, 0.4) is 0 Å². The lowest BCUT2D eigenvalue weighted by atomic mass is 9.91. The van der Waals surface area contributed by atoms with E-state index < -0.39 is 23.6 Å². The second-order valence-electron chi connectivity index (χ2n) is 28.8. The summed E-state index contributed by atoms with van der Waals surface area (Å²) < 4.78 is 104. The summed E-state index contributed by atoms with van der Waals surface area (Å²) in [6.07, 6.45) is 28.1. The van der Waals surface area contributed by atoms with Crippen LogP contribution >= 0.6 is 0 Å². The van der Waals surface area contributed by atoms with E-state index in [4.69, 9.17) is 0 Å². The summed E-state index contributed by atoms with van der Waals surface area (Å²) in [6, 6.07) is 30.1. The van der Waals surface area contributed by atoms with Crippen LogP contribution in [0.5, 0.6) is 0 Å². The van der Waals surface area contributed by atoms with Crippen molar-refractivity contribution in [2.45, 2.75) is 321 Å². The highest BCUT2D eigenvalue weighted by Crippen LogP contribution is 2.43. The molecule has 0 bridgehead atoms. The molecular weight excluding hydrogens is 1190 g/mol. The number of hydrogen-bond acceptors (Lipinski definition) is 0. The second kappa shape index (κ2) is 64.5. The van der Waals surface area contributed by atoms with Crippen LogP contribution in [0.4, 0.5) is 39.5 Å². The van der Waals surface area contributed by atoms with Crippen molar-refractivity contribution in [2.75, 3.05) is 0 Å². The van der Waals surface area contributed by atoms with Gasteiger partial charge in [-0.05, 0) is 153 Å². The molecule has 0 spiro atoms. The van der Waals surface area contributed by atoms with Gasteiger partial charge in [0, 0.05) is 13.0 Å². The number of unbranched alkanes of at least 4 members (excludes halogenated alkanes) is 1. The lowest BCUT2D eigenvalue weighted by Gasteiger charge is -2.15. The fraction of sp³-hybridized carbons (Fsp3) is 0.647. The van der Waals surface area contributed by atoms with Crippen LogP contribution in [-0.2, 0) is 0 Å². The SMILES string of the molecule is CC.CC(C)(C)C.CC(C)C.CC(F)(F)F.CC1(C)CC1.CC1CC1.CC1CCCC1.CC1CCCCC1.CC1CCCCCC1.CCC.CCCC.Cc1cc(F)ccc1F.Cc1ccc(F)cc1.Cc1ccc(F)cc1F.Cc1cccc(F)c1.Cc1ccccc1. The molecule has 5 aliphatic rings. The van der Waals surface area contributed by atoms with Crippen molar-refractivity contribution in [3.05, 3.63) is 178 Å². The Morgan fingerprint density at radius 2 is 0.670 bits per heavy atom. The van der Waals surface area contributed by atoms with Crippen molar-refractivity contribution in [3.8, 4) is 0 Å². The second-order valence-corrected chi connectivity index (χ2v) is 28.8. The first-order valence-corrected chi connectivity index (χ1v) is 36.1. The Kier molecular flexibility index (Phi) is 68.9. The topological polar surface area (TPSA) is 0 Å². The molecule has 0 saturated heterocycles. The molecule has 0 aliphatic heterocycles. The number of rotatable bonds is 1. The molecule has 0 aromatic heterocycles. The monoisotopic (exact) mass is 1340 g/mol. The molecule has 5 saturated carbocycles. The third-order valence-corrected chi connectivity index (χ3v) is 13.5. The molecule has 5 aromatic carbocycles. The van der Waals surface area contributed by atoms with Crippen LogP contribution in [-0.4, -0.2) is 6.18 Å². The highest BCUT2D eigenvalue weighted by molar-refractivity contribution is 5.18. The van der Waals surface area contributed by atoms with Crippen LogP contribution < -0.4 is 0 Å². The first-order chi connectivity index (χ1) is 43.7. The van der Waals surface area contributed by atoms with Crippen molar-refractivity contribution in [3.63, 3.8) is 0 Å². The maximum Gasteiger partial charge on any atom is 0.386 e. The minimum absolute atomic E-state index is 0.162. The lowest BCUT2D eigenvalue weighted by molar-refractivity contribution is -0.110. The van der Waals surface area contributed by atoms with E-state index in [9.17, 15) is 39.5 Å². The van der Waals surface area contributed by atoms with Gasteiger partial charge >= 0.3 is 6.18 Å². The Morgan fingerprint density at radius 3 is 0.894 bits per heavy atom. The number of benzene rings is 5. The third kappa shape index (κ3) is 96.2. The minimum Gasteiger partial charge on any atom is -0.207 e. The number of halogens is 9. The molecule has 5 fully saturated rings. The van der Waals surface area contributed by atoms with E-state index in [2.05, 4.69) is 137 Å². The zero-order valence-corrected chi connectivity index (χ0v) is 64.8. The maximum absolute atomic E-state index is 12.3. The van der Waals surface area contributed by atoms with Gasteiger partial charge in [-0.15, -0.1) is 0 Å². The maximum atomic E-state index is 12.3. The molecule has 5 aromatic rings. The Hall–Kier alpha value is -4.53. The van der Waals surface area contributed by atoms with Gasteiger partial charge < -0.3 is 0 Å². The summed E-state index contributed by atoms with van der Waals surface area (Å²) in [5.74, 6) is 2.91. The molecule has 0 amide bonds. The highest BCUT2D eigenvalue weighted by Gasteiger charge is 2.30. The van der Waals surface area contributed by atoms with Gasteiger partial charge in [0.15, 0.2) is 0 Å². The van der Waals surface area contributed by atoms with E-state index in [-0.39, 0.29) is 24.4 Å². The fourth-order valence-corrected chi connectivity index (χ4v) is 7.19. The summed E-state index contributed by atoms with van der Waals surface area (Å²) in [6.45, 7) is 51.0. The summed E-state index contributed by atoms with van der Waals surface area (Å²) >= 11 is 0. The zero-order valence-electron chi connectivity index (χ0n) is 64.8. The summed E-state index contributed by atoms with van der Waals surface area (Å²) in [4.78, 5) is 0. The summed E-state index contributed by atoms with van der Waals surface area (Å²) in [7, 11) is 0. The molecule has 546 valence electrons. The molecule has 0 heterocycles. The van der Waals surface area contributed by atoms with Crippen molar-refractivity contribution < 1.29 is 39.5 Å². The average molecular weight is 1340 g/mol. The average Bonchev–Trinajstić information content (AvgIpc) is 1.71. The third-order valence-electron chi connectivity index (χ3n) is 13.5. The van der Waals surface area contributed by atoms with Crippen molar-refractivity contribution in [1.82, 2.24) is 0 Å². The number of hydrogen-bond donors (Lipinski definition) is 0. The molecule has 5 aliphatic carbocycles. The lowest BCUT2D eigenvalue weighted by Crippen LogP contribution is -1.99. The van der Waals surface area contributed by atoms with E-state index >= 15 is 0 Å². The molecule has 94 heavy (non-hydrogen) atoms. The zero-order chi connectivity index (χ0) is 73.7. The molecule has 10 rings (SSSR count). The normalized spacial score (nSPS) is 14.7. The molecular formula is C85H143F9. The molecule has 9 heteroatoms. The Labute approximate surface area is 575 Å². The number of alkyl halides is 3. The molecule has 0 radical (unpaired) electrons. The van der Waals surface area contributed by atoms with Crippen molar-refractivity contribution in [2.24, 2.45) is 40.4 Å². The smallest absolute Gasteiger partial charge is 0.207 e. The standard InChI is InChI=1S/C8H16.2C7H6F2.2C7H7F.C7H14.C7H8.C6H12.C5H10.C5H12.C4H8.2C4H10.C3H8.C2H3F3.C2H6/c1-8-6-4-2-3-5-7-8;1-5-4-6(8)2-3-7(5)9;1-5-2-3-6(8)4-7(5)9;1-6-2-4-7(8)5-3-6;1-6-3-2-4-7(8)5-6;2*1-7-5-3-2-4-6-7;1-6-4-2-3-5-6;1-5(2)3-4-5;1-5(2,3)4;1-4-2-3-4;1-4(2)3;1-3-4-2;1-3-2;1-2(3,4)5;1-2/h8H,2-7H2,1H3;2*2-4H,1H3;2*2-5H,1H3;7H,2-6H2,1H3;2-6H,1H3;6H,2-5H2,1H3;3-4H2,1-2H3;1-4H3;4H,2-3H2,1H3;4H,1-3H3;3-4H2,1-2H3;3H2,1-2H3;1H3;1-2H3. The summed E-state index contributed by atoms with van der Waals surface area (Å²) in [5.41, 5.74) is 5.44. The fourth-order valence-electron chi connectivity index (χ4n) is 7.19. The Bertz CT molecular complexity index is 2210. The first kappa shape index (κ1) is 101. The Balaban J connectivity index is -0.000000222. The van der Waals surface area contributed by atoms with Gasteiger partial charge in [-0.2, -0.15) is 13.2 Å². The van der Waals surface area contributed by atoms with Crippen LogP contribution in [0.15, 0.2) is 115 Å². The quantitative estimate of drug-likeness (QED) is 0.116. The molecule has 0 atom stereocenters. The molecule has 0 N–H and O–H groups in total. The van der Waals surface area contributed by atoms with Crippen molar-refractivity contribution in [1.29, 1.82) is 0 Å². The Morgan fingerprint density at radius 1 is 0.383 bits per heavy atom. The number of aryl methyl sites for hydroxylation is 5. The van der Waals surface area contributed by atoms with Crippen LogP contribution in [0, 0.1) is 110 Å². The van der Waals surface area contributed by atoms with Gasteiger partial charge in [0.1, 0.15) is 34.9 Å². The van der Waals surface area contributed by atoms with Gasteiger partial charge in [-0.3, -0.25) is 0 Å². The van der Waals surface area contributed by atoms with E-state index in [1.54, 1.807) is 25.1 Å². The van der Waals surface area contributed by atoms with Gasteiger partial charge in [0.25, 0.3) is 0 Å². The van der Waals surface area contributed by atoms with Gasteiger partial charge in [0.2, 0.25) is 0 Å². The molecule has 0 nitrogen and oxygen atoms in total. The summed E-state index contributed by atoms with van der Waals surface area (Å²) in [5, 5.41) is 0. The van der Waals surface area contributed by atoms with Crippen LogP contribution in [0.1, 0.15) is 308 Å². The van der Waals surface area contributed by atoms with Crippen LogP contribution in [0.2, 0.25) is 0 Å².